The van der Waals surface area contributed by atoms with E-state index < -0.39 is 29.0 Å². The molecular formula is C13H15F3N2O2. The number of nitrogens with zero attached hydrogens (tertiary/aromatic N) is 1. The zero-order chi connectivity index (χ0) is 14.5. The summed E-state index contributed by atoms with van der Waals surface area (Å²) in [7, 11) is 0. The molecule has 0 aliphatic carbocycles. The van der Waals surface area contributed by atoms with Gasteiger partial charge in [-0.2, -0.15) is 0 Å². The van der Waals surface area contributed by atoms with Gasteiger partial charge in [0.2, 0.25) is 0 Å². The number of ether oxygens (including phenoxy) is 1. The average molecular weight is 288 g/mol. The first-order valence-electron chi connectivity index (χ1n) is 6.33. The molecule has 1 heterocycles. The van der Waals surface area contributed by atoms with Crippen molar-refractivity contribution in [2.24, 2.45) is 0 Å². The highest BCUT2D eigenvalue weighted by atomic mass is 19.2. The van der Waals surface area contributed by atoms with Crippen molar-refractivity contribution in [2.75, 3.05) is 39.3 Å². The largest absolute Gasteiger partial charge is 0.461 e. The first-order valence-corrected chi connectivity index (χ1v) is 6.33. The van der Waals surface area contributed by atoms with Gasteiger partial charge in [0.15, 0.2) is 17.5 Å². The van der Waals surface area contributed by atoms with Crippen molar-refractivity contribution in [1.82, 2.24) is 10.2 Å². The monoisotopic (exact) mass is 288 g/mol. The van der Waals surface area contributed by atoms with Crippen LogP contribution < -0.4 is 5.32 Å². The topological polar surface area (TPSA) is 41.6 Å². The Hall–Kier alpha value is -1.60. The minimum atomic E-state index is -1.67. The highest BCUT2D eigenvalue weighted by molar-refractivity contribution is 5.89. The summed E-state index contributed by atoms with van der Waals surface area (Å²) < 4.78 is 44.0. The predicted octanol–water partition coefficient (Wildman–Crippen LogP) is 1.17. The van der Waals surface area contributed by atoms with Crippen molar-refractivity contribution in [1.29, 1.82) is 0 Å². The van der Waals surface area contributed by atoms with E-state index in [1.165, 1.54) is 0 Å². The minimum Gasteiger partial charge on any atom is -0.461 e. The standard InChI is InChI=1S/C13H15F3N2O2/c14-10-2-1-9(11(15)12(10)16)13(19)20-8-7-18-5-3-17-4-6-18/h1-2,17H,3-8H2. The number of piperazine rings is 1. The fraction of sp³-hybridized carbons (Fsp3) is 0.462. The van der Waals surface area contributed by atoms with E-state index in [1.54, 1.807) is 0 Å². The zero-order valence-electron chi connectivity index (χ0n) is 10.8. The minimum absolute atomic E-state index is 0.0806. The Labute approximate surface area is 114 Å². The van der Waals surface area contributed by atoms with Crippen molar-refractivity contribution in [3.63, 3.8) is 0 Å². The average Bonchev–Trinajstić information content (AvgIpc) is 2.46. The molecule has 2 rings (SSSR count). The molecule has 4 nitrogen and oxygen atoms in total. The van der Waals surface area contributed by atoms with E-state index in [0.717, 1.165) is 32.2 Å². The van der Waals surface area contributed by atoms with E-state index in [9.17, 15) is 18.0 Å². The van der Waals surface area contributed by atoms with Gasteiger partial charge in [0, 0.05) is 32.7 Å². The second kappa shape index (κ2) is 6.71. The SMILES string of the molecule is O=C(OCCN1CCNCC1)c1ccc(F)c(F)c1F. The summed E-state index contributed by atoms with van der Waals surface area (Å²) in [6, 6.07) is 1.58. The molecule has 1 aliphatic heterocycles. The number of carbonyl (C=O) groups is 1. The third kappa shape index (κ3) is 3.49. The molecule has 110 valence electrons. The first kappa shape index (κ1) is 14.8. The molecule has 1 aromatic rings. The molecule has 0 saturated carbocycles. The van der Waals surface area contributed by atoms with Crippen LogP contribution in [0.4, 0.5) is 13.2 Å². The highest BCUT2D eigenvalue weighted by Crippen LogP contribution is 2.16. The smallest absolute Gasteiger partial charge is 0.341 e. The number of rotatable bonds is 4. The molecule has 1 saturated heterocycles. The number of carbonyl (C=O) groups excluding carboxylic acids is 1. The van der Waals surface area contributed by atoms with Crippen molar-refractivity contribution in [3.05, 3.63) is 35.1 Å². The summed E-state index contributed by atoms with van der Waals surface area (Å²) >= 11 is 0. The van der Waals surface area contributed by atoms with Gasteiger partial charge in [-0.15, -0.1) is 0 Å². The maximum absolute atomic E-state index is 13.4. The van der Waals surface area contributed by atoms with Crippen LogP contribution in [-0.4, -0.2) is 50.2 Å². The Balaban J connectivity index is 1.87. The van der Waals surface area contributed by atoms with E-state index in [2.05, 4.69) is 10.2 Å². The van der Waals surface area contributed by atoms with Gasteiger partial charge in [-0.3, -0.25) is 4.90 Å². The lowest BCUT2D eigenvalue weighted by molar-refractivity contribution is 0.0449. The van der Waals surface area contributed by atoms with Crippen LogP contribution in [0.5, 0.6) is 0 Å². The predicted molar refractivity (Wildman–Crippen MR) is 65.9 cm³/mol. The third-order valence-corrected chi connectivity index (χ3v) is 3.11. The number of esters is 1. The van der Waals surface area contributed by atoms with Gasteiger partial charge in [0.25, 0.3) is 0 Å². The molecule has 0 unspecified atom stereocenters. The normalized spacial score (nSPS) is 16.1. The summed E-state index contributed by atoms with van der Waals surface area (Å²) in [4.78, 5) is 13.7. The number of nitrogens with one attached hydrogen (secondary N) is 1. The van der Waals surface area contributed by atoms with Crippen LogP contribution in [-0.2, 0) is 4.74 Å². The summed E-state index contributed by atoms with van der Waals surface area (Å²) in [6.07, 6.45) is 0. The number of benzene rings is 1. The first-order chi connectivity index (χ1) is 9.59. The van der Waals surface area contributed by atoms with Gasteiger partial charge in [0.05, 0.1) is 5.56 Å². The van der Waals surface area contributed by atoms with Crippen LogP contribution >= 0.6 is 0 Å². The summed E-state index contributed by atoms with van der Waals surface area (Å²) in [5, 5.41) is 3.18. The van der Waals surface area contributed by atoms with E-state index in [0.29, 0.717) is 12.6 Å². The lowest BCUT2D eigenvalue weighted by atomic mass is 10.2. The van der Waals surface area contributed by atoms with Crippen LogP contribution in [0.25, 0.3) is 0 Å². The van der Waals surface area contributed by atoms with Crippen LogP contribution in [0.3, 0.4) is 0 Å². The summed E-state index contributed by atoms with van der Waals surface area (Å²) in [5.41, 5.74) is -0.593. The van der Waals surface area contributed by atoms with Gasteiger partial charge in [0.1, 0.15) is 6.61 Å². The Morgan fingerprint density at radius 1 is 1.20 bits per heavy atom. The molecule has 0 atom stereocenters. The maximum Gasteiger partial charge on any atom is 0.341 e. The lowest BCUT2D eigenvalue weighted by Gasteiger charge is -2.26. The van der Waals surface area contributed by atoms with Crippen LogP contribution in [0, 0.1) is 17.5 Å². The summed E-state index contributed by atoms with van der Waals surface area (Å²) in [5.74, 6) is -5.50. The fourth-order valence-corrected chi connectivity index (χ4v) is 1.96. The Morgan fingerprint density at radius 3 is 2.60 bits per heavy atom. The molecule has 0 aromatic heterocycles. The molecule has 0 radical (unpaired) electrons. The fourth-order valence-electron chi connectivity index (χ4n) is 1.96. The molecule has 1 fully saturated rings. The van der Waals surface area contributed by atoms with Gasteiger partial charge >= 0.3 is 5.97 Å². The van der Waals surface area contributed by atoms with Crippen LogP contribution in [0.1, 0.15) is 10.4 Å². The summed E-state index contributed by atoms with van der Waals surface area (Å²) in [6.45, 7) is 4.03. The van der Waals surface area contributed by atoms with Gasteiger partial charge < -0.3 is 10.1 Å². The molecule has 0 amide bonds. The van der Waals surface area contributed by atoms with Crippen molar-refractivity contribution in [2.45, 2.75) is 0 Å². The van der Waals surface area contributed by atoms with Gasteiger partial charge in [-0.1, -0.05) is 0 Å². The third-order valence-electron chi connectivity index (χ3n) is 3.11. The quantitative estimate of drug-likeness (QED) is 0.667. The van der Waals surface area contributed by atoms with E-state index >= 15 is 0 Å². The lowest BCUT2D eigenvalue weighted by Crippen LogP contribution is -2.44. The van der Waals surface area contributed by atoms with Crippen LogP contribution in [0.2, 0.25) is 0 Å². The maximum atomic E-state index is 13.4. The van der Waals surface area contributed by atoms with Crippen molar-refractivity contribution in [3.8, 4) is 0 Å². The molecule has 0 spiro atoms. The van der Waals surface area contributed by atoms with Crippen molar-refractivity contribution >= 4 is 5.97 Å². The molecule has 1 N–H and O–H groups in total. The Morgan fingerprint density at radius 2 is 1.90 bits per heavy atom. The van der Waals surface area contributed by atoms with E-state index in [4.69, 9.17) is 4.74 Å². The van der Waals surface area contributed by atoms with Crippen LogP contribution in [0.15, 0.2) is 12.1 Å². The van der Waals surface area contributed by atoms with E-state index in [-0.39, 0.29) is 6.61 Å². The number of hydrogen-bond donors (Lipinski definition) is 1. The number of hydrogen-bond acceptors (Lipinski definition) is 4. The van der Waals surface area contributed by atoms with Gasteiger partial charge in [-0.25, -0.2) is 18.0 Å². The zero-order valence-corrected chi connectivity index (χ0v) is 10.8. The molecule has 1 aromatic carbocycles. The number of halogens is 3. The second-order valence-corrected chi connectivity index (χ2v) is 4.45. The molecular weight excluding hydrogens is 273 g/mol. The Bertz CT molecular complexity index is 491. The molecule has 7 heteroatoms. The molecule has 1 aliphatic rings. The van der Waals surface area contributed by atoms with Gasteiger partial charge in [-0.05, 0) is 12.1 Å². The molecule has 0 bridgehead atoms. The highest BCUT2D eigenvalue weighted by Gasteiger charge is 2.20. The van der Waals surface area contributed by atoms with Crippen molar-refractivity contribution < 1.29 is 22.7 Å². The second-order valence-electron chi connectivity index (χ2n) is 4.45. The van der Waals surface area contributed by atoms with E-state index in [1.807, 2.05) is 0 Å². The molecule has 20 heavy (non-hydrogen) atoms. The Kier molecular flexibility index (Phi) is 4.97.